The Morgan fingerprint density at radius 2 is 1.88 bits per heavy atom. The summed E-state index contributed by atoms with van der Waals surface area (Å²) in [6, 6.07) is 12.8. The van der Waals surface area contributed by atoms with E-state index >= 15 is 0 Å². The summed E-state index contributed by atoms with van der Waals surface area (Å²) in [6.45, 7) is 0. The minimum atomic E-state index is -0.613. The average molecular weight is 326 g/mol. The standard InChI is InChI=1S/C18H15FN2O3/c1-23-16-8-7-12(10-14(16)19)9-13(11-20)18(22)21-15-5-3-4-6-17(15)24-2/h3-10H,1-2H3,(H,21,22)/b13-9+. The highest BCUT2D eigenvalue weighted by Crippen LogP contribution is 2.24. The van der Waals surface area contributed by atoms with E-state index in [0.29, 0.717) is 17.0 Å². The summed E-state index contributed by atoms with van der Waals surface area (Å²) in [5.74, 6) is -0.630. The van der Waals surface area contributed by atoms with Gasteiger partial charge in [0.05, 0.1) is 19.9 Å². The zero-order valence-electron chi connectivity index (χ0n) is 13.2. The maximum absolute atomic E-state index is 13.7. The quantitative estimate of drug-likeness (QED) is 0.675. The first-order valence-electron chi connectivity index (χ1n) is 6.98. The number of rotatable bonds is 5. The summed E-state index contributed by atoms with van der Waals surface area (Å²) >= 11 is 0. The fourth-order valence-electron chi connectivity index (χ4n) is 2.03. The van der Waals surface area contributed by atoms with Crippen LogP contribution in [0, 0.1) is 17.1 Å². The summed E-state index contributed by atoms with van der Waals surface area (Å²) in [6.07, 6.45) is 1.30. The fourth-order valence-corrected chi connectivity index (χ4v) is 2.03. The second kappa shape index (κ2) is 7.79. The van der Waals surface area contributed by atoms with E-state index in [0.717, 1.165) is 0 Å². The molecule has 2 aromatic carbocycles. The Kier molecular flexibility index (Phi) is 5.53. The highest BCUT2D eigenvalue weighted by molar-refractivity contribution is 6.10. The molecule has 0 heterocycles. The van der Waals surface area contributed by atoms with E-state index in [-0.39, 0.29) is 11.3 Å². The molecular weight excluding hydrogens is 311 g/mol. The first kappa shape index (κ1) is 17.0. The number of hydrogen-bond donors (Lipinski definition) is 1. The summed E-state index contributed by atoms with van der Waals surface area (Å²) in [5, 5.41) is 11.8. The lowest BCUT2D eigenvalue weighted by atomic mass is 10.1. The van der Waals surface area contributed by atoms with Crippen LogP contribution in [-0.2, 0) is 4.79 Å². The van der Waals surface area contributed by atoms with Gasteiger partial charge in [-0.15, -0.1) is 0 Å². The molecule has 0 saturated carbocycles. The number of carbonyl (C=O) groups is 1. The third-order valence-electron chi connectivity index (χ3n) is 3.21. The number of amides is 1. The Morgan fingerprint density at radius 3 is 2.50 bits per heavy atom. The van der Waals surface area contributed by atoms with Gasteiger partial charge in [-0.3, -0.25) is 4.79 Å². The molecule has 0 aromatic heterocycles. The third-order valence-corrected chi connectivity index (χ3v) is 3.21. The van der Waals surface area contributed by atoms with Gasteiger partial charge in [-0.2, -0.15) is 5.26 Å². The summed E-state index contributed by atoms with van der Waals surface area (Å²) < 4.78 is 23.7. The molecule has 6 heteroatoms. The Balaban J connectivity index is 2.26. The van der Waals surface area contributed by atoms with Crippen LogP contribution < -0.4 is 14.8 Å². The van der Waals surface area contributed by atoms with Crippen molar-refractivity contribution in [1.82, 2.24) is 0 Å². The predicted molar refractivity (Wildman–Crippen MR) is 88.2 cm³/mol. The molecule has 5 nitrogen and oxygen atoms in total. The van der Waals surface area contributed by atoms with Crippen LogP contribution in [0.3, 0.4) is 0 Å². The molecule has 0 fully saturated rings. The van der Waals surface area contributed by atoms with E-state index in [1.165, 1.54) is 32.4 Å². The van der Waals surface area contributed by atoms with Gasteiger partial charge in [0.2, 0.25) is 0 Å². The lowest BCUT2D eigenvalue weighted by Crippen LogP contribution is -2.14. The number of ether oxygens (including phenoxy) is 2. The number of nitrogens with zero attached hydrogens (tertiary/aromatic N) is 1. The van der Waals surface area contributed by atoms with E-state index in [1.807, 2.05) is 6.07 Å². The highest BCUT2D eigenvalue weighted by Gasteiger charge is 2.12. The molecular formula is C18H15FN2O3. The molecule has 0 aliphatic rings. The van der Waals surface area contributed by atoms with Crippen molar-refractivity contribution in [3.63, 3.8) is 0 Å². The highest BCUT2D eigenvalue weighted by atomic mass is 19.1. The van der Waals surface area contributed by atoms with E-state index in [4.69, 9.17) is 9.47 Å². The molecule has 24 heavy (non-hydrogen) atoms. The third kappa shape index (κ3) is 3.90. The number of halogens is 1. The van der Waals surface area contributed by atoms with Crippen LogP contribution in [0.4, 0.5) is 10.1 Å². The first-order valence-corrected chi connectivity index (χ1v) is 6.98. The number of para-hydroxylation sites is 2. The zero-order chi connectivity index (χ0) is 17.5. The molecule has 0 saturated heterocycles. The van der Waals surface area contributed by atoms with E-state index in [9.17, 15) is 14.4 Å². The Bertz CT molecular complexity index is 825. The van der Waals surface area contributed by atoms with Crippen molar-refractivity contribution in [2.45, 2.75) is 0 Å². The van der Waals surface area contributed by atoms with E-state index < -0.39 is 11.7 Å². The fraction of sp³-hybridized carbons (Fsp3) is 0.111. The van der Waals surface area contributed by atoms with Gasteiger partial charge in [0.15, 0.2) is 11.6 Å². The number of hydrogen-bond acceptors (Lipinski definition) is 4. The predicted octanol–water partition coefficient (Wildman–Crippen LogP) is 3.39. The molecule has 1 N–H and O–H groups in total. The van der Waals surface area contributed by atoms with Gasteiger partial charge < -0.3 is 14.8 Å². The van der Waals surface area contributed by atoms with E-state index in [2.05, 4.69) is 5.32 Å². The van der Waals surface area contributed by atoms with Gasteiger partial charge in [-0.25, -0.2) is 4.39 Å². The van der Waals surface area contributed by atoms with Gasteiger partial charge >= 0.3 is 0 Å². The molecule has 0 aliphatic heterocycles. The maximum Gasteiger partial charge on any atom is 0.266 e. The average Bonchev–Trinajstić information content (AvgIpc) is 2.60. The number of nitrogens with one attached hydrogen (secondary N) is 1. The van der Waals surface area contributed by atoms with Crippen LogP contribution in [0.5, 0.6) is 11.5 Å². The van der Waals surface area contributed by atoms with Crippen molar-refractivity contribution in [1.29, 1.82) is 5.26 Å². The normalized spacial score (nSPS) is 10.7. The van der Waals surface area contributed by atoms with Crippen molar-refractivity contribution in [2.75, 3.05) is 19.5 Å². The maximum atomic E-state index is 13.7. The van der Waals surface area contributed by atoms with Crippen LogP contribution >= 0.6 is 0 Å². The van der Waals surface area contributed by atoms with Crippen molar-refractivity contribution >= 4 is 17.7 Å². The van der Waals surface area contributed by atoms with E-state index in [1.54, 1.807) is 30.3 Å². The summed E-state index contributed by atoms with van der Waals surface area (Å²) in [4.78, 5) is 12.2. The second-order valence-corrected chi connectivity index (χ2v) is 4.72. The first-order chi connectivity index (χ1) is 11.6. The SMILES string of the molecule is COc1ccc(/C=C(\C#N)C(=O)Nc2ccccc2OC)cc1F. The topological polar surface area (TPSA) is 71.3 Å². The van der Waals surface area contributed by atoms with Crippen molar-refractivity contribution in [3.8, 4) is 17.6 Å². The van der Waals surface area contributed by atoms with Gasteiger partial charge in [-0.1, -0.05) is 18.2 Å². The van der Waals surface area contributed by atoms with Gasteiger partial charge in [0.1, 0.15) is 17.4 Å². The molecule has 122 valence electrons. The molecule has 0 bridgehead atoms. The largest absolute Gasteiger partial charge is 0.495 e. The van der Waals surface area contributed by atoms with Gasteiger partial charge in [0, 0.05) is 0 Å². The van der Waals surface area contributed by atoms with Crippen LogP contribution in [0.25, 0.3) is 6.08 Å². The monoisotopic (exact) mass is 326 g/mol. The van der Waals surface area contributed by atoms with Crippen molar-refractivity contribution in [3.05, 3.63) is 59.4 Å². The Morgan fingerprint density at radius 1 is 1.17 bits per heavy atom. The molecule has 2 aromatic rings. The number of benzene rings is 2. The van der Waals surface area contributed by atoms with Crippen LogP contribution in [0.1, 0.15) is 5.56 Å². The van der Waals surface area contributed by atoms with Crippen molar-refractivity contribution in [2.24, 2.45) is 0 Å². The molecule has 0 unspecified atom stereocenters. The molecule has 2 rings (SSSR count). The molecule has 0 spiro atoms. The summed E-state index contributed by atoms with van der Waals surface area (Å²) in [5.41, 5.74) is 0.651. The molecule has 0 radical (unpaired) electrons. The molecule has 0 atom stereocenters. The molecule has 1 amide bonds. The zero-order valence-corrected chi connectivity index (χ0v) is 13.2. The van der Waals surface area contributed by atoms with Crippen LogP contribution in [0.15, 0.2) is 48.0 Å². The van der Waals surface area contributed by atoms with Gasteiger partial charge in [-0.05, 0) is 35.9 Å². The van der Waals surface area contributed by atoms with Crippen molar-refractivity contribution < 1.29 is 18.7 Å². The lowest BCUT2D eigenvalue weighted by molar-refractivity contribution is -0.112. The number of nitriles is 1. The van der Waals surface area contributed by atoms with Crippen LogP contribution in [0.2, 0.25) is 0 Å². The summed E-state index contributed by atoms with van der Waals surface area (Å²) in [7, 11) is 2.83. The van der Waals surface area contributed by atoms with Crippen LogP contribution in [-0.4, -0.2) is 20.1 Å². The minimum Gasteiger partial charge on any atom is -0.495 e. The Hall–Kier alpha value is -3.33. The molecule has 0 aliphatic carbocycles. The lowest BCUT2D eigenvalue weighted by Gasteiger charge is -2.09. The Labute approximate surface area is 138 Å². The van der Waals surface area contributed by atoms with Gasteiger partial charge in [0.25, 0.3) is 5.91 Å². The number of methoxy groups -OCH3 is 2. The minimum absolute atomic E-state index is 0.0872. The second-order valence-electron chi connectivity index (χ2n) is 4.72. The number of anilines is 1. The smallest absolute Gasteiger partial charge is 0.266 e. The number of carbonyl (C=O) groups excluding carboxylic acids is 1.